The summed E-state index contributed by atoms with van der Waals surface area (Å²) in [6, 6.07) is 10.4. The number of rotatable bonds is 1. The number of fused-ring (bicyclic) bond motifs is 5. The summed E-state index contributed by atoms with van der Waals surface area (Å²) in [5, 5.41) is 14.0. The molecule has 0 aromatic heterocycles. The quantitative estimate of drug-likeness (QED) is 0.701. The maximum absolute atomic E-state index is 12.7. The van der Waals surface area contributed by atoms with E-state index in [1.807, 2.05) is 29.2 Å². The molecule has 1 aliphatic carbocycles. The molecule has 158 valence electrons. The molecule has 2 heterocycles. The molecule has 1 fully saturated rings. The number of phenolic OH excluding ortho intramolecular Hbond substituents is 1. The van der Waals surface area contributed by atoms with Crippen LogP contribution in [-0.2, 0) is 12.8 Å². The summed E-state index contributed by atoms with van der Waals surface area (Å²) in [6.45, 7) is 2.64. The molecule has 5 nitrogen and oxygen atoms in total. The Morgan fingerprint density at radius 3 is 2.73 bits per heavy atom. The zero-order valence-electron chi connectivity index (χ0n) is 17.3. The first-order valence-electron chi connectivity index (χ1n) is 10.9. The van der Waals surface area contributed by atoms with Gasteiger partial charge in [0.25, 0.3) is 0 Å². The van der Waals surface area contributed by atoms with Crippen LogP contribution >= 0.6 is 11.6 Å². The van der Waals surface area contributed by atoms with E-state index in [0.29, 0.717) is 11.1 Å². The number of amides is 2. The Hall–Kier alpha value is -2.24. The Morgan fingerprint density at radius 1 is 1.13 bits per heavy atom. The van der Waals surface area contributed by atoms with Crippen LogP contribution in [-0.4, -0.2) is 53.7 Å². The van der Waals surface area contributed by atoms with Gasteiger partial charge in [-0.05, 0) is 79.6 Å². The fourth-order valence-electron chi connectivity index (χ4n) is 5.51. The molecule has 2 atom stereocenters. The molecule has 5 rings (SSSR count). The minimum Gasteiger partial charge on any atom is -0.506 e. The van der Waals surface area contributed by atoms with Crippen LogP contribution in [0.4, 0.5) is 10.5 Å². The minimum atomic E-state index is 0.00540. The summed E-state index contributed by atoms with van der Waals surface area (Å²) in [5.74, 6) is 0.299. The van der Waals surface area contributed by atoms with Crippen molar-refractivity contribution in [2.24, 2.45) is 0 Å². The molecule has 0 unspecified atom stereocenters. The highest BCUT2D eigenvalue weighted by molar-refractivity contribution is 6.32. The summed E-state index contributed by atoms with van der Waals surface area (Å²) in [7, 11) is 2.19. The van der Waals surface area contributed by atoms with Crippen molar-refractivity contribution in [3.63, 3.8) is 0 Å². The Kier molecular flexibility index (Phi) is 5.11. The van der Waals surface area contributed by atoms with Crippen LogP contribution in [0.25, 0.3) is 0 Å². The predicted molar refractivity (Wildman–Crippen MR) is 120 cm³/mol. The number of benzene rings is 2. The van der Waals surface area contributed by atoms with Crippen molar-refractivity contribution in [3.8, 4) is 5.75 Å². The number of halogens is 1. The molecule has 2 N–H and O–H groups in total. The topological polar surface area (TPSA) is 55.8 Å². The zero-order valence-corrected chi connectivity index (χ0v) is 18.1. The van der Waals surface area contributed by atoms with Gasteiger partial charge in [-0.2, -0.15) is 0 Å². The Labute approximate surface area is 182 Å². The maximum Gasteiger partial charge on any atom is 0.321 e. The summed E-state index contributed by atoms with van der Waals surface area (Å²) in [6.07, 6.45) is 5.04. The molecule has 0 bridgehead atoms. The van der Waals surface area contributed by atoms with E-state index < -0.39 is 0 Å². The second-order valence-electron chi connectivity index (χ2n) is 8.81. The molecule has 0 radical (unpaired) electrons. The van der Waals surface area contributed by atoms with E-state index >= 15 is 0 Å². The second kappa shape index (κ2) is 7.78. The molecule has 0 spiro atoms. The molecule has 6 heteroatoms. The summed E-state index contributed by atoms with van der Waals surface area (Å²) in [4.78, 5) is 17.1. The maximum atomic E-state index is 12.7. The molecule has 30 heavy (non-hydrogen) atoms. The van der Waals surface area contributed by atoms with Crippen molar-refractivity contribution >= 4 is 23.3 Å². The van der Waals surface area contributed by atoms with Crippen molar-refractivity contribution in [3.05, 3.63) is 57.6 Å². The lowest BCUT2D eigenvalue weighted by Gasteiger charge is -2.39. The number of nitrogens with zero attached hydrogens (tertiary/aromatic N) is 2. The standard InChI is InChI=1S/C24H28ClN3O2/c1-27-12-9-15-13-19(25)22(29)14-18(15)23-17-5-4-6-20(16(17)7-8-21(23)27)26-24(30)28-10-2-3-11-28/h4-6,13-14,21,23,29H,2-3,7-12H2,1H3,(H,26,30)/t21-,23+/m0/s1. The van der Waals surface area contributed by atoms with Gasteiger partial charge < -0.3 is 20.2 Å². The van der Waals surface area contributed by atoms with Crippen molar-refractivity contribution < 1.29 is 9.90 Å². The number of likely N-dealkylation sites (N-methyl/N-ethyl adjacent to an activating group) is 1. The van der Waals surface area contributed by atoms with E-state index in [0.717, 1.165) is 63.0 Å². The van der Waals surface area contributed by atoms with Gasteiger partial charge in [-0.15, -0.1) is 0 Å². The molecule has 2 aromatic carbocycles. The first-order chi connectivity index (χ1) is 14.5. The molecule has 1 saturated heterocycles. The van der Waals surface area contributed by atoms with Crippen LogP contribution < -0.4 is 5.32 Å². The minimum absolute atomic E-state index is 0.00540. The van der Waals surface area contributed by atoms with Gasteiger partial charge in [-0.1, -0.05) is 23.7 Å². The molecule has 0 saturated carbocycles. The number of aromatic hydroxyl groups is 1. The summed E-state index contributed by atoms with van der Waals surface area (Å²) in [5.41, 5.74) is 5.77. The second-order valence-corrected chi connectivity index (χ2v) is 9.22. The number of hydrogen-bond acceptors (Lipinski definition) is 3. The summed E-state index contributed by atoms with van der Waals surface area (Å²) >= 11 is 6.24. The van der Waals surface area contributed by atoms with Crippen LogP contribution in [0.5, 0.6) is 5.75 Å². The Morgan fingerprint density at radius 2 is 1.93 bits per heavy atom. The van der Waals surface area contributed by atoms with Crippen LogP contribution in [0, 0.1) is 0 Å². The number of urea groups is 1. The van der Waals surface area contributed by atoms with Crippen LogP contribution in [0.2, 0.25) is 5.02 Å². The van der Waals surface area contributed by atoms with Crippen LogP contribution in [0.3, 0.4) is 0 Å². The lowest BCUT2D eigenvalue weighted by atomic mass is 9.74. The molecular weight excluding hydrogens is 398 g/mol. The fourth-order valence-corrected chi connectivity index (χ4v) is 5.70. The van der Waals surface area contributed by atoms with E-state index in [1.165, 1.54) is 16.7 Å². The highest BCUT2D eigenvalue weighted by Crippen LogP contribution is 2.46. The molecule has 2 amide bonds. The van der Waals surface area contributed by atoms with E-state index in [1.54, 1.807) is 0 Å². The summed E-state index contributed by atoms with van der Waals surface area (Å²) < 4.78 is 0. The highest BCUT2D eigenvalue weighted by Gasteiger charge is 2.37. The van der Waals surface area contributed by atoms with E-state index in [4.69, 9.17) is 11.6 Å². The zero-order chi connectivity index (χ0) is 20.8. The molecular formula is C24H28ClN3O2. The van der Waals surface area contributed by atoms with E-state index in [9.17, 15) is 9.90 Å². The average molecular weight is 426 g/mol. The van der Waals surface area contributed by atoms with Crippen molar-refractivity contribution in [2.45, 2.75) is 44.1 Å². The smallest absolute Gasteiger partial charge is 0.321 e. The third kappa shape index (κ3) is 3.34. The monoisotopic (exact) mass is 425 g/mol. The Balaban J connectivity index is 1.57. The third-order valence-electron chi connectivity index (χ3n) is 7.10. The van der Waals surface area contributed by atoms with Gasteiger partial charge in [0.2, 0.25) is 0 Å². The van der Waals surface area contributed by atoms with Gasteiger partial charge in [-0.3, -0.25) is 0 Å². The van der Waals surface area contributed by atoms with Crippen LogP contribution in [0.1, 0.15) is 47.4 Å². The number of hydrogen-bond donors (Lipinski definition) is 2. The van der Waals surface area contributed by atoms with Gasteiger partial charge in [0.05, 0.1) is 5.02 Å². The normalized spacial score (nSPS) is 23.3. The van der Waals surface area contributed by atoms with Crippen LogP contribution in [0.15, 0.2) is 30.3 Å². The molecule has 2 aliphatic heterocycles. The SMILES string of the molecule is CN1CCc2cc(Cl)c(O)cc2[C@H]2c3cccc(NC(=O)N4CCCC4)c3CC[C@@H]21. The Bertz CT molecular complexity index is 987. The lowest BCUT2D eigenvalue weighted by Crippen LogP contribution is -2.40. The van der Waals surface area contributed by atoms with Gasteiger partial charge >= 0.3 is 6.03 Å². The van der Waals surface area contributed by atoms with Gasteiger partial charge in [-0.25, -0.2) is 4.79 Å². The van der Waals surface area contributed by atoms with Crippen molar-refractivity contribution in [1.29, 1.82) is 0 Å². The lowest BCUT2D eigenvalue weighted by molar-refractivity contribution is 0.214. The van der Waals surface area contributed by atoms with E-state index in [-0.39, 0.29) is 17.7 Å². The highest BCUT2D eigenvalue weighted by atomic mass is 35.5. The van der Waals surface area contributed by atoms with Crippen molar-refractivity contribution in [2.75, 3.05) is 32.0 Å². The largest absolute Gasteiger partial charge is 0.506 e. The number of nitrogens with one attached hydrogen (secondary N) is 1. The molecule has 3 aliphatic rings. The van der Waals surface area contributed by atoms with Gasteiger partial charge in [0, 0.05) is 37.3 Å². The number of carbonyl (C=O) groups is 1. The first kappa shape index (κ1) is 19.7. The van der Waals surface area contributed by atoms with Gasteiger partial charge in [0.15, 0.2) is 0 Å². The number of phenols is 1. The number of carbonyl (C=O) groups excluding carboxylic acids is 1. The first-order valence-corrected chi connectivity index (χ1v) is 11.3. The predicted octanol–water partition coefficient (Wildman–Crippen LogP) is 4.61. The fraction of sp³-hybridized carbons (Fsp3) is 0.458. The average Bonchev–Trinajstić information content (AvgIpc) is 3.24. The number of likely N-dealkylation sites (tertiary alicyclic amines) is 1. The van der Waals surface area contributed by atoms with Crippen molar-refractivity contribution in [1.82, 2.24) is 9.80 Å². The number of anilines is 1. The van der Waals surface area contributed by atoms with E-state index in [2.05, 4.69) is 23.3 Å². The van der Waals surface area contributed by atoms with Gasteiger partial charge in [0.1, 0.15) is 5.75 Å². The third-order valence-corrected chi connectivity index (χ3v) is 7.40. The molecule has 2 aromatic rings.